The molecule has 4 aliphatic carbocycles. The van der Waals surface area contributed by atoms with Crippen molar-refractivity contribution in [3.63, 3.8) is 0 Å². The Balaban J connectivity index is 1.21. The van der Waals surface area contributed by atoms with E-state index in [1.54, 1.807) is 0 Å². The lowest BCUT2D eigenvalue weighted by Gasteiger charge is -2.44. The maximum absolute atomic E-state index is 2.58. The van der Waals surface area contributed by atoms with Crippen molar-refractivity contribution in [3.8, 4) is 0 Å². The Labute approximate surface area is 310 Å². The highest BCUT2D eigenvalue weighted by atomic mass is 32.1. The van der Waals surface area contributed by atoms with Crippen LogP contribution in [0, 0.1) is 17.8 Å². The smallest absolute Gasteiger partial charge is 0.0361 e. The fourth-order valence-corrected chi connectivity index (χ4v) is 10.6. The molecule has 6 aromatic rings. The number of hydrogen-bond donors (Lipinski definition) is 0. The zero-order chi connectivity index (χ0) is 34.6. The van der Waals surface area contributed by atoms with E-state index in [-0.39, 0.29) is 5.92 Å². The van der Waals surface area contributed by atoms with Crippen LogP contribution < -0.4 is 0 Å². The van der Waals surface area contributed by atoms with E-state index in [1.807, 2.05) is 11.3 Å². The van der Waals surface area contributed by atoms with E-state index in [0.717, 1.165) is 12.8 Å². The van der Waals surface area contributed by atoms with Crippen molar-refractivity contribution in [2.45, 2.75) is 25.7 Å². The molecule has 4 atom stereocenters. The first-order valence-corrected chi connectivity index (χ1v) is 19.6. The van der Waals surface area contributed by atoms with Crippen LogP contribution in [0.5, 0.6) is 0 Å². The molecular weight excluding hydrogens is 645 g/mol. The molecule has 4 unspecified atom stereocenters. The topological polar surface area (TPSA) is 0 Å². The summed E-state index contributed by atoms with van der Waals surface area (Å²) in [5, 5.41) is 2.72. The highest BCUT2D eigenvalue weighted by Gasteiger charge is 2.43. The number of fused-ring (bicyclic) bond motifs is 5. The third-order valence-electron chi connectivity index (χ3n) is 11.8. The van der Waals surface area contributed by atoms with Crippen LogP contribution in [-0.2, 0) is 0 Å². The lowest BCUT2D eigenvalue weighted by molar-refractivity contribution is 0.380. The summed E-state index contributed by atoms with van der Waals surface area (Å²) in [5.41, 5.74) is 15.3. The molecule has 52 heavy (non-hydrogen) atoms. The summed E-state index contributed by atoms with van der Waals surface area (Å²) < 4.78 is 2.70. The molecule has 0 amide bonds. The van der Waals surface area contributed by atoms with Crippen LogP contribution in [0.25, 0.3) is 42.5 Å². The quantitative estimate of drug-likeness (QED) is 0.170. The third kappa shape index (κ3) is 5.18. The largest absolute Gasteiger partial charge is 0.135 e. The van der Waals surface area contributed by atoms with Gasteiger partial charge < -0.3 is 0 Å². The summed E-state index contributed by atoms with van der Waals surface area (Å²) in [6, 6.07) is 47.2. The van der Waals surface area contributed by atoms with Crippen LogP contribution in [-0.4, -0.2) is 0 Å². The van der Waals surface area contributed by atoms with Gasteiger partial charge in [-0.3, -0.25) is 0 Å². The molecule has 0 N–H and O–H groups in total. The van der Waals surface area contributed by atoms with E-state index in [9.17, 15) is 0 Å². The highest BCUT2D eigenvalue weighted by Crippen LogP contribution is 2.57. The van der Waals surface area contributed by atoms with E-state index in [0.29, 0.717) is 17.8 Å². The van der Waals surface area contributed by atoms with Crippen LogP contribution in [0.2, 0.25) is 0 Å². The minimum absolute atomic E-state index is 0.241. The van der Waals surface area contributed by atoms with Crippen LogP contribution in [0.1, 0.15) is 53.5 Å². The molecule has 1 heteroatoms. The Morgan fingerprint density at radius 2 is 1.35 bits per heavy atom. The van der Waals surface area contributed by atoms with Gasteiger partial charge in [-0.1, -0.05) is 165 Å². The van der Waals surface area contributed by atoms with Gasteiger partial charge in [-0.2, -0.15) is 0 Å². The maximum atomic E-state index is 2.58. The highest BCUT2D eigenvalue weighted by molar-refractivity contribution is 7.25. The summed E-state index contributed by atoms with van der Waals surface area (Å²) in [7, 11) is 0. The lowest BCUT2D eigenvalue weighted by atomic mass is 9.59. The summed E-state index contributed by atoms with van der Waals surface area (Å²) in [6.45, 7) is 2.43. The molecule has 0 spiro atoms. The molecule has 1 heterocycles. The van der Waals surface area contributed by atoms with Crippen molar-refractivity contribution in [3.05, 3.63) is 215 Å². The monoisotopic (exact) mass is 684 g/mol. The molecule has 0 bridgehead atoms. The number of hydrogen-bond acceptors (Lipinski definition) is 1. The second-order valence-corrected chi connectivity index (χ2v) is 15.8. The van der Waals surface area contributed by atoms with Crippen LogP contribution >= 0.6 is 11.3 Å². The summed E-state index contributed by atoms with van der Waals surface area (Å²) in [5.74, 6) is 1.26. The normalized spacial score (nSPS) is 22.4. The molecule has 250 valence electrons. The van der Waals surface area contributed by atoms with Crippen molar-refractivity contribution in [2.24, 2.45) is 17.8 Å². The van der Waals surface area contributed by atoms with Gasteiger partial charge >= 0.3 is 0 Å². The number of benzene rings is 5. The van der Waals surface area contributed by atoms with E-state index in [2.05, 4.69) is 183 Å². The fraction of sp³-hybridized carbons (Fsp3) is 0.137. The molecular formula is C51H40S. The first kappa shape index (κ1) is 31.3. The Morgan fingerprint density at radius 1 is 0.615 bits per heavy atom. The van der Waals surface area contributed by atoms with Crippen molar-refractivity contribution >= 4 is 53.8 Å². The first-order valence-electron chi connectivity index (χ1n) is 18.8. The second-order valence-electron chi connectivity index (χ2n) is 14.7. The van der Waals surface area contributed by atoms with Gasteiger partial charge in [0.1, 0.15) is 0 Å². The van der Waals surface area contributed by atoms with E-state index in [4.69, 9.17) is 0 Å². The standard InChI is InChI=1S/C51H40S/c1-33-15-12-25-39(35-18-6-3-7-19-35)48(33)51-42-23-9-8-22-41(42)49(38-21-13-20-36(31-38)34-16-4-2-5-17-34)45-32-37(29-30-43(45)51)40-26-14-28-47-50(40)44-24-10-11-27-46(44)52-47/h2-12,14-20,22-33,43,48,51H,13,21H2,1H3. The summed E-state index contributed by atoms with van der Waals surface area (Å²) in [4.78, 5) is 0. The molecule has 5 aromatic carbocycles. The molecule has 0 fully saturated rings. The molecule has 1 aromatic heterocycles. The number of rotatable bonds is 5. The lowest BCUT2D eigenvalue weighted by Crippen LogP contribution is -2.32. The Kier molecular flexibility index (Phi) is 7.77. The van der Waals surface area contributed by atoms with Crippen molar-refractivity contribution in [1.82, 2.24) is 0 Å². The van der Waals surface area contributed by atoms with Crippen LogP contribution in [0.4, 0.5) is 0 Å². The molecule has 0 nitrogen and oxygen atoms in total. The van der Waals surface area contributed by atoms with Crippen molar-refractivity contribution in [2.75, 3.05) is 0 Å². The average Bonchev–Trinajstić information content (AvgIpc) is 3.60. The van der Waals surface area contributed by atoms with Gasteiger partial charge in [0.2, 0.25) is 0 Å². The van der Waals surface area contributed by atoms with Gasteiger partial charge in [-0.25, -0.2) is 0 Å². The zero-order valence-electron chi connectivity index (χ0n) is 29.4. The van der Waals surface area contributed by atoms with Gasteiger partial charge in [0.05, 0.1) is 0 Å². The Hall–Kier alpha value is -5.50. The summed E-state index contributed by atoms with van der Waals surface area (Å²) in [6.07, 6.45) is 21.7. The van der Waals surface area contributed by atoms with Gasteiger partial charge in [-0.15, -0.1) is 11.3 Å². The Bertz CT molecular complexity index is 2580. The predicted molar refractivity (Wildman–Crippen MR) is 224 cm³/mol. The van der Waals surface area contributed by atoms with E-state index < -0.39 is 0 Å². The van der Waals surface area contributed by atoms with E-state index in [1.165, 1.54) is 81.4 Å². The maximum Gasteiger partial charge on any atom is 0.0361 e. The SMILES string of the molecule is CC1C=CC=C(c2ccccc2)C1C1c2ccccc2C(C2=CC(c3ccccc3)=CCC2)=C2C=C(c3cccc4sc5ccccc5c34)C=CC21. The van der Waals surface area contributed by atoms with Crippen molar-refractivity contribution in [1.29, 1.82) is 0 Å². The second kappa shape index (κ2) is 12.9. The molecule has 4 aliphatic rings. The first-order chi connectivity index (χ1) is 25.7. The fourth-order valence-electron chi connectivity index (χ4n) is 9.52. The van der Waals surface area contributed by atoms with E-state index >= 15 is 0 Å². The third-order valence-corrected chi connectivity index (χ3v) is 12.9. The summed E-state index contributed by atoms with van der Waals surface area (Å²) >= 11 is 1.90. The van der Waals surface area contributed by atoms with Gasteiger partial charge in [0.15, 0.2) is 0 Å². The van der Waals surface area contributed by atoms with Crippen LogP contribution in [0.3, 0.4) is 0 Å². The van der Waals surface area contributed by atoms with Gasteiger partial charge in [-0.05, 0) is 104 Å². The number of allylic oxidation sites excluding steroid dienone is 14. The molecule has 10 rings (SSSR count). The molecule has 0 saturated heterocycles. The van der Waals surface area contributed by atoms with Gasteiger partial charge in [0.25, 0.3) is 0 Å². The molecule has 0 aliphatic heterocycles. The van der Waals surface area contributed by atoms with Crippen LogP contribution in [0.15, 0.2) is 187 Å². The number of thiophene rings is 1. The minimum atomic E-state index is 0.241. The molecule has 0 radical (unpaired) electrons. The zero-order valence-corrected chi connectivity index (χ0v) is 30.2. The Morgan fingerprint density at radius 3 is 2.21 bits per heavy atom. The van der Waals surface area contributed by atoms with Gasteiger partial charge in [0, 0.05) is 32.0 Å². The minimum Gasteiger partial charge on any atom is -0.135 e. The average molecular weight is 685 g/mol. The predicted octanol–water partition coefficient (Wildman–Crippen LogP) is 13.9. The van der Waals surface area contributed by atoms with Crippen molar-refractivity contribution < 1.29 is 0 Å². The molecule has 0 saturated carbocycles.